The molecule has 5 atom stereocenters. The van der Waals surface area contributed by atoms with Crippen LogP contribution >= 0.6 is 0 Å². The smallest absolute Gasteiger partial charge is 0.230 e. The second-order valence-electron chi connectivity index (χ2n) is 11.3. The van der Waals surface area contributed by atoms with Gasteiger partial charge >= 0.3 is 0 Å². The van der Waals surface area contributed by atoms with Crippen LogP contribution in [0.4, 0.5) is 0 Å². The Labute approximate surface area is 191 Å². The number of primary amides is 1. The number of hydrogen-bond donors (Lipinski definition) is 2. The van der Waals surface area contributed by atoms with Gasteiger partial charge in [0.25, 0.3) is 0 Å². The minimum absolute atomic E-state index is 0.0895. The molecule has 4 saturated carbocycles. The molecule has 0 aromatic heterocycles. The van der Waals surface area contributed by atoms with Crippen LogP contribution in [-0.4, -0.2) is 49.1 Å². The summed E-state index contributed by atoms with van der Waals surface area (Å²) in [5, 5.41) is 3.44. The van der Waals surface area contributed by atoms with Crippen LogP contribution in [-0.2, 0) is 26.3 Å². The van der Waals surface area contributed by atoms with E-state index in [9.17, 15) is 9.59 Å². The molecule has 174 valence electrons. The van der Waals surface area contributed by atoms with Crippen molar-refractivity contribution in [3.05, 3.63) is 35.4 Å². The van der Waals surface area contributed by atoms with Crippen molar-refractivity contribution < 1.29 is 14.3 Å². The highest BCUT2D eigenvalue weighted by Crippen LogP contribution is 2.60. The zero-order chi connectivity index (χ0) is 22.5. The summed E-state index contributed by atoms with van der Waals surface area (Å²) in [7, 11) is 0. The third-order valence-corrected chi connectivity index (χ3v) is 8.82. The topological polar surface area (TPSA) is 84.7 Å². The maximum Gasteiger partial charge on any atom is 0.230 e. The molecule has 5 fully saturated rings. The van der Waals surface area contributed by atoms with Gasteiger partial charge in [-0.15, -0.1) is 0 Å². The molecule has 32 heavy (non-hydrogen) atoms. The normalized spacial score (nSPS) is 34.4. The molecular formula is C26H37N3O3. The monoisotopic (exact) mass is 439 g/mol. The Balaban J connectivity index is 1.28. The van der Waals surface area contributed by atoms with Crippen LogP contribution < -0.4 is 11.1 Å². The van der Waals surface area contributed by atoms with Crippen molar-refractivity contribution in [3.8, 4) is 0 Å². The van der Waals surface area contributed by atoms with E-state index in [2.05, 4.69) is 34.5 Å². The highest BCUT2D eigenvalue weighted by atomic mass is 16.5. The van der Waals surface area contributed by atoms with Crippen molar-refractivity contribution in [1.29, 1.82) is 0 Å². The van der Waals surface area contributed by atoms with Gasteiger partial charge in [0.1, 0.15) is 0 Å². The second-order valence-corrected chi connectivity index (χ2v) is 11.3. The first-order valence-electron chi connectivity index (χ1n) is 12.3. The van der Waals surface area contributed by atoms with Crippen molar-refractivity contribution in [1.82, 2.24) is 10.2 Å². The van der Waals surface area contributed by atoms with Crippen LogP contribution in [0.2, 0.25) is 0 Å². The van der Waals surface area contributed by atoms with E-state index < -0.39 is 5.41 Å². The predicted octanol–water partition coefficient (Wildman–Crippen LogP) is 2.59. The lowest BCUT2D eigenvalue weighted by atomic mass is 9.47. The van der Waals surface area contributed by atoms with Crippen LogP contribution in [0.25, 0.3) is 0 Å². The molecule has 1 heterocycles. The fourth-order valence-corrected chi connectivity index (χ4v) is 7.10. The number of benzene rings is 1. The van der Waals surface area contributed by atoms with E-state index in [-0.39, 0.29) is 23.3 Å². The lowest BCUT2D eigenvalue weighted by molar-refractivity contribution is -0.148. The number of nitrogens with two attached hydrogens (primary N) is 1. The molecule has 1 aromatic rings. The van der Waals surface area contributed by atoms with Crippen molar-refractivity contribution in [2.45, 2.75) is 64.0 Å². The Morgan fingerprint density at radius 1 is 1.16 bits per heavy atom. The van der Waals surface area contributed by atoms with Gasteiger partial charge in [-0.2, -0.15) is 0 Å². The van der Waals surface area contributed by atoms with Gasteiger partial charge in [0.05, 0.1) is 18.6 Å². The Bertz CT molecular complexity index is 876. The third kappa shape index (κ3) is 3.86. The Morgan fingerprint density at radius 3 is 2.50 bits per heavy atom. The predicted molar refractivity (Wildman–Crippen MR) is 123 cm³/mol. The van der Waals surface area contributed by atoms with Crippen molar-refractivity contribution in [2.24, 2.45) is 28.9 Å². The molecule has 1 aromatic carbocycles. The van der Waals surface area contributed by atoms with Gasteiger partial charge in [0.15, 0.2) is 0 Å². The minimum atomic E-state index is -0.614. The molecule has 6 rings (SSSR count). The highest BCUT2D eigenvalue weighted by molar-refractivity contribution is 5.88. The summed E-state index contributed by atoms with van der Waals surface area (Å²) < 4.78 is 5.46. The molecule has 4 bridgehead atoms. The van der Waals surface area contributed by atoms with Gasteiger partial charge < -0.3 is 15.8 Å². The van der Waals surface area contributed by atoms with Crippen LogP contribution in [0.15, 0.2) is 24.3 Å². The molecule has 4 aliphatic carbocycles. The molecule has 0 spiro atoms. The fraction of sp³-hybridized carbons (Fsp3) is 0.692. The summed E-state index contributed by atoms with van der Waals surface area (Å²) in [6.07, 6.45) is 4.88. The maximum atomic E-state index is 13.5. The van der Waals surface area contributed by atoms with E-state index in [1.54, 1.807) is 0 Å². The number of nitrogens with zero attached hydrogens (tertiary/aromatic N) is 1. The summed E-state index contributed by atoms with van der Waals surface area (Å²) in [6, 6.07) is 8.64. The first-order valence-corrected chi connectivity index (χ1v) is 12.3. The minimum Gasteiger partial charge on any atom is -0.379 e. The second kappa shape index (κ2) is 8.14. The lowest BCUT2D eigenvalue weighted by Gasteiger charge is -2.59. The molecule has 3 N–H and O–H groups in total. The lowest BCUT2D eigenvalue weighted by Crippen LogP contribution is -2.63. The molecule has 6 heteroatoms. The van der Waals surface area contributed by atoms with Gasteiger partial charge in [0, 0.05) is 31.1 Å². The Kier molecular flexibility index (Phi) is 5.57. The number of morpholine rings is 1. The van der Waals surface area contributed by atoms with Gasteiger partial charge in [-0.1, -0.05) is 24.3 Å². The molecule has 6 nitrogen and oxygen atoms in total. The standard InChI is InChI=1S/C26H37N3O3/c1-25(2,21-5-3-4-17(12-21)16-29-6-8-32-9-7-29)24(31)28-22-19-10-18-11-20(22)15-26(13-18,14-19)23(27)30/h3-5,12,18-20,22H,6-11,13-16H2,1-2H3,(H2,27,30)(H,28,31)/t18?,19-,20+,22?,26?. The largest absolute Gasteiger partial charge is 0.379 e. The number of amides is 2. The first-order chi connectivity index (χ1) is 15.3. The van der Waals surface area contributed by atoms with Crippen molar-refractivity contribution in [3.63, 3.8) is 0 Å². The van der Waals surface area contributed by atoms with Crippen LogP contribution in [0, 0.1) is 23.2 Å². The van der Waals surface area contributed by atoms with E-state index in [0.717, 1.165) is 70.5 Å². The van der Waals surface area contributed by atoms with Crippen molar-refractivity contribution in [2.75, 3.05) is 26.3 Å². The number of hydrogen-bond acceptors (Lipinski definition) is 4. The quantitative estimate of drug-likeness (QED) is 0.714. The number of carbonyl (C=O) groups is 2. The van der Waals surface area contributed by atoms with E-state index in [4.69, 9.17) is 10.5 Å². The van der Waals surface area contributed by atoms with Gasteiger partial charge in [-0.05, 0) is 74.8 Å². The third-order valence-electron chi connectivity index (χ3n) is 8.82. The van der Waals surface area contributed by atoms with E-state index >= 15 is 0 Å². The molecule has 2 amide bonds. The number of ether oxygens (including phenoxy) is 1. The average molecular weight is 440 g/mol. The fourth-order valence-electron chi connectivity index (χ4n) is 7.10. The summed E-state index contributed by atoms with van der Waals surface area (Å²) in [4.78, 5) is 28.2. The Morgan fingerprint density at radius 2 is 1.84 bits per heavy atom. The number of rotatable bonds is 6. The number of nitrogens with one attached hydrogen (secondary N) is 1. The number of carbonyl (C=O) groups excluding carboxylic acids is 2. The van der Waals surface area contributed by atoms with E-state index in [0.29, 0.717) is 17.8 Å². The van der Waals surface area contributed by atoms with Crippen LogP contribution in [0.5, 0.6) is 0 Å². The molecule has 1 aliphatic heterocycles. The molecular weight excluding hydrogens is 402 g/mol. The zero-order valence-electron chi connectivity index (χ0n) is 19.4. The summed E-state index contributed by atoms with van der Waals surface area (Å²) in [6.45, 7) is 8.41. The summed E-state index contributed by atoms with van der Waals surface area (Å²) >= 11 is 0. The molecule has 0 radical (unpaired) electrons. The zero-order valence-corrected chi connectivity index (χ0v) is 19.4. The Hall–Kier alpha value is -1.92. The SMILES string of the molecule is CC(C)(C(=O)NC1[C@@H]2CC3C[C@H]1CC(C(N)=O)(C3)C2)c1cccc(CN2CCOCC2)c1. The summed E-state index contributed by atoms with van der Waals surface area (Å²) in [5.74, 6) is 1.31. The molecule has 5 aliphatic rings. The van der Waals surface area contributed by atoms with Crippen LogP contribution in [0.1, 0.15) is 57.1 Å². The first kappa shape index (κ1) is 21.9. The summed E-state index contributed by atoms with van der Waals surface area (Å²) in [5.41, 5.74) is 7.19. The average Bonchev–Trinajstić information content (AvgIpc) is 2.76. The van der Waals surface area contributed by atoms with E-state index in [1.165, 1.54) is 5.56 Å². The van der Waals surface area contributed by atoms with Gasteiger partial charge in [-0.25, -0.2) is 0 Å². The molecule has 3 unspecified atom stereocenters. The van der Waals surface area contributed by atoms with Crippen LogP contribution in [0.3, 0.4) is 0 Å². The van der Waals surface area contributed by atoms with E-state index in [1.807, 2.05) is 13.8 Å². The van der Waals surface area contributed by atoms with Gasteiger partial charge in [0.2, 0.25) is 11.8 Å². The highest BCUT2D eigenvalue weighted by Gasteiger charge is 2.58. The van der Waals surface area contributed by atoms with Crippen molar-refractivity contribution >= 4 is 11.8 Å². The molecule has 1 saturated heterocycles. The maximum absolute atomic E-state index is 13.5. The van der Waals surface area contributed by atoms with Gasteiger partial charge in [-0.3, -0.25) is 14.5 Å².